The van der Waals surface area contributed by atoms with Crippen molar-refractivity contribution in [1.29, 1.82) is 0 Å². The highest BCUT2D eigenvalue weighted by molar-refractivity contribution is 9.11. The van der Waals surface area contributed by atoms with Crippen molar-refractivity contribution < 1.29 is 0 Å². The summed E-state index contributed by atoms with van der Waals surface area (Å²) in [5.74, 6) is 0.323. The van der Waals surface area contributed by atoms with Gasteiger partial charge in [0.2, 0.25) is 0 Å². The van der Waals surface area contributed by atoms with Gasteiger partial charge in [-0.05, 0) is 41.8 Å². The molecule has 2 aromatic rings. The third-order valence-corrected chi connectivity index (χ3v) is 6.34. The first-order chi connectivity index (χ1) is 8.91. The lowest BCUT2D eigenvalue weighted by Gasteiger charge is -2.18. The highest BCUT2D eigenvalue weighted by Gasteiger charge is 2.16. The van der Waals surface area contributed by atoms with Crippen LogP contribution in [0.4, 0.5) is 0 Å². The van der Waals surface area contributed by atoms with Gasteiger partial charge in [-0.2, -0.15) is 0 Å². The fourth-order valence-electron chi connectivity index (χ4n) is 2.04. The summed E-state index contributed by atoms with van der Waals surface area (Å²) in [6.45, 7) is 4.34. The molecule has 0 saturated carbocycles. The molecule has 0 nitrogen and oxygen atoms in total. The maximum absolute atomic E-state index is 3.71. The smallest absolute Gasteiger partial charge is 0.0253 e. The molecule has 0 aromatic heterocycles. The minimum Gasteiger partial charge on any atom is -0.0562 e. The molecule has 4 heteroatoms. The Kier molecular flexibility index (Phi) is 5.32. The monoisotopic (exact) mass is 508 g/mol. The highest BCUT2D eigenvalue weighted by Crippen LogP contribution is 2.38. The van der Waals surface area contributed by atoms with Gasteiger partial charge in [0, 0.05) is 23.8 Å². The van der Waals surface area contributed by atoms with Gasteiger partial charge in [0.15, 0.2) is 0 Å². The number of benzene rings is 2. The summed E-state index contributed by atoms with van der Waals surface area (Å²) in [4.78, 5) is 0. The van der Waals surface area contributed by atoms with E-state index in [4.69, 9.17) is 0 Å². The lowest BCUT2D eigenvalue weighted by atomic mass is 9.92. The number of hydrogen-bond donors (Lipinski definition) is 0. The summed E-state index contributed by atoms with van der Waals surface area (Å²) in [6, 6.07) is 10.6. The zero-order valence-electron chi connectivity index (χ0n) is 10.5. The molecular formula is C15H12Br4. The second-order valence-corrected chi connectivity index (χ2v) is 7.88. The maximum atomic E-state index is 3.71. The van der Waals surface area contributed by atoms with Crippen LogP contribution in [0.1, 0.15) is 29.5 Å². The molecular weight excluding hydrogens is 500 g/mol. The quantitative estimate of drug-likeness (QED) is 0.400. The predicted octanol–water partition coefficient (Wildman–Crippen LogP) is 7.20. The molecule has 0 saturated heterocycles. The van der Waals surface area contributed by atoms with Crippen LogP contribution >= 0.6 is 63.7 Å². The topological polar surface area (TPSA) is 0 Å². The average molecular weight is 512 g/mol. The van der Waals surface area contributed by atoms with E-state index < -0.39 is 0 Å². The zero-order chi connectivity index (χ0) is 14.2. The molecule has 1 atom stereocenters. The molecule has 0 fully saturated rings. The molecule has 0 aliphatic rings. The van der Waals surface area contributed by atoms with Crippen molar-refractivity contribution in [2.24, 2.45) is 0 Å². The molecule has 0 bridgehead atoms. The van der Waals surface area contributed by atoms with E-state index >= 15 is 0 Å². The largest absolute Gasteiger partial charge is 0.0562 e. The van der Waals surface area contributed by atoms with Crippen LogP contribution in [0.3, 0.4) is 0 Å². The van der Waals surface area contributed by atoms with E-state index in [2.05, 4.69) is 108 Å². The Balaban J connectivity index is 2.50. The first-order valence-electron chi connectivity index (χ1n) is 5.81. The predicted molar refractivity (Wildman–Crippen MR) is 95.9 cm³/mol. The van der Waals surface area contributed by atoms with E-state index in [0.29, 0.717) is 5.92 Å². The van der Waals surface area contributed by atoms with Crippen molar-refractivity contribution in [1.82, 2.24) is 0 Å². The van der Waals surface area contributed by atoms with Crippen molar-refractivity contribution in [3.8, 4) is 0 Å². The van der Waals surface area contributed by atoms with Crippen LogP contribution < -0.4 is 0 Å². The molecule has 0 aliphatic heterocycles. The fraction of sp³-hybridized carbons (Fsp3) is 0.200. The van der Waals surface area contributed by atoms with Gasteiger partial charge in [0.1, 0.15) is 0 Å². The van der Waals surface area contributed by atoms with Crippen molar-refractivity contribution in [3.05, 3.63) is 64.9 Å². The molecule has 0 heterocycles. The van der Waals surface area contributed by atoms with Gasteiger partial charge in [-0.25, -0.2) is 0 Å². The van der Waals surface area contributed by atoms with Gasteiger partial charge < -0.3 is 0 Å². The normalized spacial score (nSPS) is 12.5. The van der Waals surface area contributed by atoms with E-state index in [1.807, 2.05) is 0 Å². The van der Waals surface area contributed by atoms with Crippen LogP contribution in [-0.2, 0) is 0 Å². The summed E-state index contributed by atoms with van der Waals surface area (Å²) < 4.78 is 4.51. The summed E-state index contributed by atoms with van der Waals surface area (Å²) in [5, 5.41) is 0. The first-order valence-corrected chi connectivity index (χ1v) is 8.98. The number of hydrogen-bond acceptors (Lipinski definition) is 0. The van der Waals surface area contributed by atoms with Crippen LogP contribution in [0, 0.1) is 6.92 Å². The van der Waals surface area contributed by atoms with Gasteiger partial charge in [-0.3, -0.25) is 0 Å². The van der Waals surface area contributed by atoms with E-state index in [-0.39, 0.29) is 0 Å². The fourth-order valence-corrected chi connectivity index (χ4v) is 4.71. The summed E-state index contributed by atoms with van der Waals surface area (Å²) in [5.41, 5.74) is 3.81. The van der Waals surface area contributed by atoms with E-state index in [9.17, 15) is 0 Å². The van der Waals surface area contributed by atoms with Gasteiger partial charge in [-0.1, -0.05) is 82.8 Å². The van der Waals surface area contributed by atoms with Gasteiger partial charge in [-0.15, -0.1) is 0 Å². The maximum Gasteiger partial charge on any atom is 0.0253 e. The van der Waals surface area contributed by atoms with Crippen LogP contribution in [0.5, 0.6) is 0 Å². The number of halogens is 4. The van der Waals surface area contributed by atoms with Gasteiger partial charge in [0.25, 0.3) is 0 Å². The third kappa shape index (κ3) is 3.34. The Hall–Kier alpha value is 0.360. The van der Waals surface area contributed by atoms with Crippen molar-refractivity contribution in [2.75, 3.05) is 0 Å². The Morgan fingerprint density at radius 1 is 0.842 bits per heavy atom. The lowest BCUT2D eigenvalue weighted by molar-refractivity contribution is 0.905. The average Bonchev–Trinajstić information content (AvgIpc) is 2.35. The minimum atomic E-state index is 0.323. The minimum absolute atomic E-state index is 0.323. The second-order valence-electron chi connectivity index (χ2n) is 4.46. The van der Waals surface area contributed by atoms with Crippen LogP contribution in [-0.4, -0.2) is 0 Å². The lowest BCUT2D eigenvalue weighted by Crippen LogP contribution is -2.00. The van der Waals surface area contributed by atoms with E-state index in [1.54, 1.807) is 0 Å². The summed E-state index contributed by atoms with van der Waals surface area (Å²) in [6.07, 6.45) is 0. The zero-order valence-corrected chi connectivity index (χ0v) is 16.8. The van der Waals surface area contributed by atoms with Crippen LogP contribution in [0.2, 0.25) is 0 Å². The first kappa shape index (κ1) is 15.7. The summed E-state index contributed by atoms with van der Waals surface area (Å²) in [7, 11) is 0. The van der Waals surface area contributed by atoms with Crippen LogP contribution in [0.25, 0.3) is 0 Å². The number of rotatable bonds is 2. The standard InChI is InChI=1S/C15H12Br4/c1-8(11-4-3-10(16)7-14(11)18)12-5-6-13(17)9(2)15(12)19/h3-8H,1-2H3. The van der Waals surface area contributed by atoms with E-state index in [0.717, 1.165) is 13.4 Å². The van der Waals surface area contributed by atoms with E-state index in [1.165, 1.54) is 21.2 Å². The summed E-state index contributed by atoms with van der Waals surface area (Å²) >= 11 is 14.4. The van der Waals surface area contributed by atoms with Crippen molar-refractivity contribution in [2.45, 2.75) is 19.8 Å². The van der Waals surface area contributed by atoms with Gasteiger partial charge in [0.05, 0.1) is 0 Å². The molecule has 100 valence electrons. The third-order valence-electron chi connectivity index (χ3n) is 3.25. The van der Waals surface area contributed by atoms with Crippen LogP contribution in [0.15, 0.2) is 48.2 Å². The molecule has 0 amide bonds. The van der Waals surface area contributed by atoms with Gasteiger partial charge >= 0.3 is 0 Å². The Morgan fingerprint density at radius 3 is 2.11 bits per heavy atom. The van der Waals surface area contributed by atoms with Crippen molar-refractivity contribution in [3.63, 3.8) is 0 Å². The molecule has 0 radical (unpaired) electrons. The molecule has 0 aliphatic carbocycles. The van der Waals surface area contributed by atoms with Crippen molar-refractivity contribution >= 4 is 63.7 Å². The SMILES string of the molecule is Cc1c(Br)ccc(C(C)c2ccc(Br)cc2Br)c1Br. The molecule has 0 N–H and O–H groups in total. The second kappa shape index (κ2) is 6.42. The Morgan fingerprint density at radius 2 is 1.47 bits per heavy atom. The molecule has 19 heavy (non-hydrogen) atoms. The molecule has 2 aromatic carbocycles. The highest BCUT2D eigenvalue weighted by atomic mass is 79.9. The molecule has 2 rings (SSSR count). The molecule has 0 spiro atoms. The Bertz CT molecular complexity index is 620. The Labute approximate surface area is 147 Å². The molecule has 1 unspecified atom stereocenters.